The zero-order valence-electron chi connectivity index (χ0n) is 16.7. The number of nitrogens with zero attached hydrogens (tertiary/aromatic N) is 3. The van der Waals surface area contributed by atoms with Gasteiger partial charge in [-0.05, 0) is 24.9 Å². The highest BCUT2D eigenvalue weighted by molar-refractivity contribution is 7.61. The van der Waals surface area contributed by atoms with E-state index in [0.717, 1.165) is 16.8 Å². The van der Waals surface area contributed by atoms with Crippen molar-refractivity contribution in [1.82, 2.24) is 14.5 Å². The quantitative estimate of drug-likeness (QED) is 0.442. The van der Waals surface area contributed by atoms with Crippen molar-refractivity contribution in [1.29, 1.82) is 0 Å². The number of unbranched alkanes of at least 4 members (excludes halogenated alkanes) is 1. The zero-order valence-corrected chi connectivity index (χ0v) is 17.6. The van der Waals surface area contributed by atoms with E-state index in [-0.39, 0.29) is 19.1 Å². The van der Waals surface area contributed by atoms with E-state index in [0.29, 0.717) is 32.5 Å². The Morgan fingerprint density at radius 1 is 1.34 bits per heavy atom. The van der Waals surface area contributed by atoms with E-state index >= 15 is 0 Å². The number of carboxylic acid groups (broad SMARTS) is 1. The van der Waals surface area contributed by atoms with Crippen LogP contribution in [0.3, 0.4) is 0 Å². The molecular formula is C20H29N4O4P. The van der Waals surface area contributed by atoms with Crippen molar-refractivity contribution < 1.29 is 19.4 Å². The monoisotopic (exact) mass is 420 g/mol. The van der Waals surface area contributed by atoms with Crippen molar-refractivity contribution in [3.05, 3.63) is 42.4 Å². The van der Waals surface area contributed by atoms with E-state index in [1.807, 2.05) is 47.0 Å². The first-order chi connectivity index (χ1) is 13.8. The number of hydrogen-bond donors (Lipinski definition) is 3. The third-order valence-electron chi connectivity index (χ3n) is 5.71. The lowest BCUT2D eigenvalue weighted by atomic mass is 9.98. The predicted molar refractivity (Wildman–Crippen MR) is 112 cm³/mol. The third-order valence-corrected chi connectivity index (χ3v) is 8.41. The van der Waals surface area contributed by atoms with Crippen LogP contribution in [-0.4, -0.2) is 61.4 Å². The van der Waals surface area contributed by atoms with Gasteiger partial charge in [-0.3, -0.25) is 14.3 Å². The summed E-state index contributed by atoms with van der Waals surface area (Å²) >= 11 is 0. The van der Waals surface area contributed by atoms with Crippen LogP contribution in [0.25, 0.3) is 11.3 Å². The van der Waals surface area contributed by atoms with Crippen LogP contribution in [0, 0.1) is 0 Å². The lowest BCUT2D eigenvalue weighted by molar-refractivity contribution is -0.141. The average molecular weight is 420 g/mol. The lowest BCUT2D eigenvalue weighted by Crippen LogP contribution is -2.53. The number of carboxylic acids is 1. The fraction of sp³-hybridized carbons (Fsp3) is 0.500. The molecule has 2 heterocycles. The maximum atomic E-state index is 12.9. The fourth-order valence-electron chi connectivity index (χ4n) is 4.03. The topological polar surface area (TPSA) is 122 Å². The molecule has 0 saturated carbocycles. The highest BCUT2D eigenvalue weighted by Gasteiger charge is 2.56. The highest BCUT2D eigenvalue weighted by Crippen LogP contribution is 2.59. The van der Waals surface area contributed by atoms with Gasteiger partial charge in [-0.25, -0.2) is 4.98 Å². The summed E-state index contributed by atoms with van der Waals surface area (Å²) in [6.07, 6.45) is 4.97. The first-order valence-corrected chi connectivity index (χ1v) is 11.7. The van der Waals surface area contributed by atoms with Crippen molar-refractivity contribution in [2.75, 3.05) is 25.8 Å². The van der Waals surface area contributed by atoms with Crippen LogP contribution in [0.5, 0.6) is 0 Å². The SMILES string of the molecule is Cn1cnc(-c2ccccc2CN2CCP(=O)(O)C(CCCCN)(C(=O)O)C2)c1. The number of aryl methyl sites for hydroxylation is 1. The van der Waals surface area contributed by atoms with E-state index in [1.165, 1.54) is 0 Å². The summed E-state index contributed by atoms with van der Waals surface area (Å²) in [5.41, 5.74) is 8.38. The summed E-state index contributed by atoms with van der Waals surface area (Å²) in [7, 11) is -1.92. The van der Waals surface area contributed by atoms with Crippen LogP contribution in [0.2, 0.25) is 0 Å². The molecule has 0 bridgehead atoms. The molecule has 1 saturated heterocycles. The average Bonchev–Trinajstić information content (AvgIpc) is 3.11. The molecule has 0 spiro atoms. The first-order valence-electron chi connectivity index (χ1n) is 9.83. The summed E-state index contributed by atoms with van der Waals surface area (Å²) in [5, 5.41) is 8.30. The van der Waals surface area contributed by atoms with Crippen LogP contribution in [0.4, 0.5) is 0 Å². The Bertz CT molecular complexity index is 915. The molecule has 8 nitrogen and oxygen atoms in total. The number of hydrogen-bond acceptors (Lipinski definition) is 5. The third kappa shape index (κ3) is 4.46. The second-order valence-electron chi connectivity index (χ2n) is 7.80. The van der Waals surface area contributed by atoms with Crippen molar-refractivity contribution in [3.8, 4) is 11.3 Å². The van der Waals surface area contributed by atoms with Gasteiger partial charge in [0, 0.05) is 44.6 Å². The Kier molecular flexibility index (Phi) is 6.58. The standard InChI is InChI=1S/C20H29N4O4P/c1-23-13-18(22-15-23)17-7-3-2-6-16(17)12-24-10-11-29(27,28)20(14-24,19(25)26)8-4-5-9-21/h2-3,6-7,13,15H,4-5,8-12,14,21H2,1H3,(H,25,26)(H,27,28). The van der Waals surface area contributed by atoms with Crippen LogP contribution in [0.1, 0.15) is 24.8 Å². The minimum Gasteiger partial charge on any atom is -0.480 e. The van der Waals surface area contributed by atoms with Gasteiger partial charge in [-0.2, -0.15) is 0 Å². The molecule has 0 aliphatic carbocycles. The smallest absolute Gasteiger partial charge is 0.320 e. The molecule has 29 heavy (non-hydrogen) atoms. The van der Waals surface area contributed by atoms with Crippen LogP contribution < -0.4 is 5.73 Å². The number of benzene rings is 1. The molecule has 9 heteroatoms. The Hall–Kier alpha value is -1.99. The minimum atomic E-state index is -3.83. The van der Waals surface area contributed by atoms with E-state index in [4.69, 9.17) is 5.73 Å². The first kappa shape index (κ1) is 21.7. The molecule has 3 rings (SSSR count). The molecule has 4 N–H and O–H groups in total. The molecule has 0 radical (unpaired) electrons. The molecule has 1 aliphatic rings. The van der Waals surface area contributed by atoms with Gasteiger partial charge in [0.15, 0.2) is 5.16 Å². The number of aliphatic carboxylic acids is 1. The van der Waals surface area contributed by atoms with Gasteiger partial charge >= 0.3 is 5.97 Å². The molecule has 2 aromatic rings. The number of nitrogens with two attached hydrogens (primary N) is 1. The molecule has 158 valence electrons. The Morgan fingerprint density at radius 2 is 2.10 bits per heavy atom. The van der Waals surface area contributed by atoms with Gasteiger partial charge in [-0.15, -0.1) is 0 Å². The molecule has 1 aromatic carbocycles. The second kappa shape index (κ2) is 8.79. The van der Waals surface area contributed by atoms with Crippen molar-refractivity contribution >= 4 is 13.3 Å². The number of imidazole rings is 1. The second-order valence-corrected chi connectivity index (χ2v) is 10.5. The Balaban J connectivity index is 1.86. The largest absolute Gasteiger partial charge is 0.480 e. The van der Waals surface area contributed by atoms with Gasteiger partial charge in [0.2, 0.25) is 7.37 Å². The molecule has 2 unspecified atom stereocenters. The van der Waals surface area contributed by atoms with Crippen LogP contribution in [0.15, 0.2) is 36.8 Å². The molecule has 1 aliphatic heterocycles. The minimum absolute atomic E-state index is 0.0202. The Labute approximate surface area is 170 Å². The van der Waals surface area contributed by atoms with Gasteiger partial charge in [0.05, 0.1) is 12.0 Å². The summed E-state index contributed by atoms with van der Waals surface area (Å²) in [6, 6.07) is 7.87. The van der Waals surface area contributed by atoms with E-state index in [2.05, 4.69) is 4.98 Å². The zero-order chi connectivity index (χ0) is 21.1. The van der Waals surface area contributed by atoms with Gasteiger partial charge in [0.25, 0.3) is 0 Å². The predicted octanol–water partition coefficient (Wildman–Crippen LogP) is 2.13. The number of carbonyl (C=O) groups is 1. The Morgan fingerprint density at radius 3 is 2.76 bits per heavy atom. The summed E-state index contributed by atoms with van der Waals surface area (Å²) in [5.74, 6) is -1.19. The number of rotatable bonds is 8. The highest BCUT2D eigenvalue weighted by atomic mass is 31.2. The van der Waals surface area contributed by atoms with Crippen LogP contribution in [-0.2, 0) is 23.0 Å². The molecule has 1 fully saturated rings. The summed E-state index contributed by atoms with van der Waals surface area (Å²) in [6.45, 7) is 1.37. The summed E-state index contributed by atoms with van der Waals surface area (Å²) < 4.78 is 14.8. The van der Waals surface area contributed by atoms with Crippen LogP contribution >= 0.6 is 7.37 Å². The summed E-state index contributed by atoms with van der Waals surface area (Å²) in [4.78, 5) is 29.2. The molecular weight excluding hydrogens is 391 g/mol. The normalized spacial score (nSPS) is 25.2. The fourth-order valence-corrected chi connectivity index (χ4v) is 6.24. The molecule has 0 amide bonds. The maximum absolute atomic E-state index is 12.9. The van der Waals surface area contributed by atoms with E-state index in [1.54, 1.807) is 6.33 Å². The van der Waals surface area contributed by atoms with Gasteiger partial charge in [0.1, 0.15) is 0 Å². The molecule has 2 atom stereocenters. The lowest BCUT2D eigenvalue weighted by Gasteiger charge is -2.43. The van der Waals surface area contributed by atoms with Gasteiger partial charge in [-0.1, -0.05) is 30.7 Å². The van der Waals surface area contributed by atoms with Crippen molar-refractivity contribution in [2.24, 2.45) is 12.8 Å². The van der Waals surface area contributed by atoms with Crippen molar-refractivity contribution in [3.63, 3.8) is 0 Å². The number of aromatic nitrogens is 2. The van der Waals surface area contributed by atoms with Crippen molar-refractivity contribution in [2.45, 2.75) is 31.0 Å². The van der Waals surface area contributed by atoms with Gasteiger partial charge < -0.3 is 20.3 Å². The molecule has 1 aromatic heterocycles. The maximum Gasteiger partial charge on any atom is 0.320 e. The van der Waals surface area contributed by atoms with E-state index < -0.39 is 18.5 Å². The van der Waals surface area contributed by atoms with E-state index in [9.17, 15) is 19.4 Å².